The van der Waals surface area contributed by atoms with Crippen molar-refractivity contribution in [3.05, 3.63) is 40.3 Å². The molecule has 0 radical (unpaired) electrons. The molecule has 0 amide bonds. The van der Waals surface area contributed by atoms with Crippen LogP contribution in [0, 0.1) is 6.92 Å². The molecule has 7 heteroatoms. The SMILES string of the molecule is CCC(NS(=O)(=O)c1ccc(N)cc1C)c1nccs1. The second-order valence-electron chi connectivity index (χ2n) is 4.48. The molecule has 0 saturated carbocycles. The summed E-state index contributed by atoms with van der Waals surface area (Å²) in [5.74, 6) is 0. The number of aryl methyl sites for hydroxylation is 1. The van der Waals surface area contributed by atoms with Crippen molar-refractivity contribution in [1.82, 2.24) is 9.71 Å². The molecule has 0 saturated heterocycles. The van der Waals surface area contributed by atoms with Gasteiger partial charge in [0.1, 0.15) is 5.01 Å². The van der Waals surface area contributed by atoms with Crippen LogP contribution < -0.4 is 10.5 Å². The first-order chi connectivity index (χ1) is 9.44. The average molecular weight is 311 g/mol. The van der Waals surface area contributed by atoms with Crippen LogP contribution >= 0.6 is 11.3 Å². The average Bonchev–Trinajstić information content (AvgIpc) is 2.89. The van der Waals surface area contributed by atoms with Gasteiger partial charge in [-0.3, -0.25) is 0 Å². The summed E-state index contributed by atoms with van der Waals surface area (Å²) in [6.07, 6.45) is 2.31. The van der Waals surface area contributed by atoms with Crippen molar-refractivity contribution in [3.8, 4) is 0 Å². The summed E-state index contributed by atoms with van der Waals surface area (Å²) in [5.41, 5.74) is 6.83. The summed E-state index contributed by atoms with van der Waals surface area (Å²) < 4.78 is 27.6. The predicted octanol–water partition coefficient (Wildman–Crippen LogP) is 2.46. The lowest BCUT2D eigenvalue weighted by Crippen LogP contribution is -2.28. The van der Waals surface area contributed by atoms with E-state index in [0.29, 0.717) is 17.7 Å². The second kappa shape index (κ2) is 5.90. The van der Waals surface area contributed by atoms with Crippen molar-refractivity contribution in [2.24, 2.45) is 0 Å². The Kier molecular flexibility index (Phi) is 4.42. The number of hydrogen-bond acceptors (Lipinski definition) is 5. The van der Waals surface area contributed by atoms with E-state index in [9.17, 15) is 8.42 Å². The number of nitrogen functional groups attached to an aromatic ring is 1. The second-order valence-corrected chi connectivity index (χ2v) is 7.09. The third kappa shape index (κ3) is 3.17. The van der Waals surface area contributed by atoms with E-state index in [4.69, 9.17) is 5.73 Å². The van der Waals surface area contributed by atoms with Gasteiger partial charge in [-0.15, -0.1) is 11.3 Å². The molecule has 0 aliphatic carbocycles. The summed E-state index contributed by atoms with van der Waals surface area (Å²) in [7, 11) is -3.58. The van der Waals surface area contributed by atoms with E-state index in [1.807, 2.05) is 12.3 Å². The van der Waals surface area contributed by atoms with Crippen molar-refractivity contribution in [1.29, 1.82) is 0 Å². The van der Waals surface area contributed by atoms with Crippen LogP contribution in [0.15, 0.2) is 34.7 Å². The molecule has 0 aliphatic heterocycles. The van der Waals surface area contributed by atoms with E-state index in [2.05, 4.69) is 9.71 Å². The zero-order valence-corrected chi connectivity index (χ0v) is 13.0. The summed E-state index contributed by atoms with van der Waals surface area (Å²) in [6, 6.07) is 4.46. The molecule has 1 heterocycles. The van der Waals surface area contributed by atoms with E-state index >= 15 is 0 Å². The lowest BCUT2D eigenvalue weighted by molar-refractivity contribution is 0.548. The molecule has 20 heavy (non-hydrogen) atoms. The quantitative estimate of drug-likeness (QED) is 0.831. The molecule has 1 unspecified atom stereocenters. The Labute approximate surface area is 122 Å². The Bertz CT molecular complexity index is 682. The van der Waals surface area contributed by atoms with Crippen LogP contribution in [0.2, 0.25) is 0 Å². The molecule has 0 spiro atoms. The maximum Gasteiger partial charge on any atom is 0.241 e. The summed E-state index contributed by atoms with van der Waals surface area (Å²) in [6.45, 7) is 3.65. The van der Waals surface area contributed by atoms with Crippen molar-refractivity contribution in [2.75, 3.05) is 5.73 Å². The van der Waals surface area contributed by atoms with E-state index in [1.54, 1.807) is 25.3 Å². The molecular formula is C13H17N3O2S2. The summed E-state index contributed by atoms with van der Waals surface area (Å²) >= 11 is 1.44. The molecular weight excluding hydrogens is 294 g/mol. The minimum Gasteiger partial charge on any atom is -0.399 e. The molecule has 0 bridgehead atoms. The summed E-state index contributed by atoms with van der Waals surface area (Å²) in [5, 5.41) is 2.60. The fraction of sp³-hybridized carbons (Fsp3) is 0.308. The Morgan fingerprint density at radius 3 is 2.75 bits per heavy atom. The maximum atomic E-state index is 12.5. The van der Waals surface area contributed by atoms with E-state index in [0.717, 1.165) is 5.01 Å². The Balaban J connectivity index is 2.31. The van der Waals surface area contributed by atoms with E-state index in [-0.39, 0.29) is 10.9 Å². The highest BCUT2D eigenvalue weighted by atomic mass is 32.2. The normalized spacial score (nSPS) is 13.3. The zero-order chi connectivity index (χ0) is 14.8. The molecule has 1 aromatic heterocycles. The van der Waals surface area contributed by atoms with Crippen molar-refractivity contribution >= 4 is 27.0 Å². The fourth-order valence-electron chi connectivity index (χ4n) is 1.94. The van der Waals surface area contributed by atoms with Crippen molar-refractivity contribution in [3.63, 3.8) is 0 Å². The Morgan fingerprint density at radius 1 is 1.45 bits per heavy atom. The number of rotatable bonds is 5. The van der Waals surface area contributed by atoms with Gasteiger partial charge in [0.2, 0.25) is 10.0 Å². The van der Waals surface area contributed by atoms with Crippen LogP contribution in [-0.2, 0) is 10.0 Å². The zero-order valence-electron chi connectivity index (χ0n) is 11.3. The number of nitrogens with zero attached hydrogens (tertiary/aromatic N) is 1. The first kappa shape index (κ1) is 15.0. The van der Waals surface area contributed by atoms with Gasteiger partial charge in [0, 0.05) is 17.3 Å². The van der Waals surface area contributed by atoms with Gasteiger partial charge in [0.05, 0.1) is 10.9 Å². The molecule has 1 atom stereocenters. The lowest BCUT2D eigenvalue weighted by atomic mass is 10.2. The fourth-order valence-corrected chi connectivity index (χ4v) is 4.30. The highest BCUT2D eigenvalue weighted by Gasteiger charge is 2.23. The number of aromatic nitrogens is 1. The molecule has 2 rings (SSSR count). The highest BCUT2D eigenvalue weighted by molar-refractivity contribution is 7.89. The predicted molar refractivity (Wildman–Crippen MR) is 81.1 cm³/mol. The van der Waals surface area contributed by atoms with Crippen LogP contribution in [0.5, 0.6) is 0 Å². The topological polar surface area (TPSA) is 85.1 Å². The highest BCUT2D eigenvalue weighted by Crippen LogP contribution is 2.24. The third-order valence-corrected chi connectivity index (χ3v) is 5.46. The molecule has 1 aromatic carbocycles. The number of thiazole rings is 1. The van der Waals surface area contributed by atoms with Crippen LogP contribution in [0.4, 0.5) is 5.69 Å². The van der Waals surface area contributed by atoms with Crippen molar-refractivity contribution < 1.29 is 8.42 Å². The van der Waals surface area contributed by atoms with Crippen LogP contribution in [-0.4, -0.2) is 13.4 Å². The number of hydrogen-bond donors (Lipinski definition) is 2. The van der Waals surface area contributed by atoms with Gasteiger partial charge < -0.3 is 5.73 Å². The van der Waals surface area contributed by atoms with Gasteiger partial charge in [-0.2, -0.15) is 0 Å². The van der Waals surface area contributed by atoms with Gasteiger partial charge in [-0.05, 0) is 37.1 Å². The van der Waals surface area contributed by atoms with Gasteiger partial charge in [0.15, 0.2) is 0 Å². The van der Waals surface area contributed by atoms with Crippen LogP contribution in [0.1, 0.15) is 30.0 Å². The molecule has 0 fully saturated rings. The van der Waals surface area contributed by atoms with E-state index < -0.39 is 10.0 Å². The molecule has 2 aromatic rings. The standard InChI is InChI=1S/C13H17N3O2S2/c1-3-11(13-15-6-7-19-13)16-20(17,18)12-5-4-10(14)8-9(12)2/h4-8,11,16H,3,14H2,1-2H3. The maximum absolute atomic E-state index is 12.5. The minimum atomic E-state index is -3.58. The minimum absolute atomic E-state index is 0.252. The number of nitrogens with two attached hydrogens (primary N) is 1. The molecule has 5 nitrogen and oxygen atoms in total. The van der Waals surface area contributed by atoms with Gasteiger partial charge in [-0.1, -0.05) is 6.92 Å². The number of sulfonamides is 1. The first-order valence-corrected chi connectivity index (χ1v) is 8.58. The third-order valence-electron chi connectivity index (χ3n) is 2.94. The number of benzene rings is 1. The van der Waals surface area contributed by atoms with Crippen molar-refractivity contribution in [2.45, 2.75) is 31.2 Å². The number of nitrogens with one attached hydrogen (secondary N) is 1. The largest absolute Gasteiger partial charge is 0.399 e. The lowest BCUT2D eigenvalue weighted by Gasteiger charge is -2.16. The van der Waals surface area contributed by atoms with E-state index in [1.165, 1.54) is 17.4 Å². The molecule has 3 N–H and O–H groups in total. The first-order valence-electron chi connectivity index (χ1n) is 6.22. The number of anilines is 1. The Morgan fingerprint density at radius 2 is 2.20 bits per heavy atom. The molecule has 0 aliphatic rings. The van der Waals surface area contributed by atoms with Crippen LogP contribution in [0.25, 0.3) is 0 Å². The van der Waals surface area contributed by atoms with Crippen LogP contribution in [0.3, 0.4) is 0 Å². The van der Waals surface area contributed by atoms with Gasteiger partial charge in [-0.25, -0.2) is 18.1 Å². The molecule has 108 valence electrons. The Hall–Kier alpha value is -1.44. The smallest absolute Gasteiger partial charge is 0.241 e. The van der Waals surface area contributed by atoms with Gasteiger partial charge in [0.25, 0.3) is 0 Å². The van der Waals surface area contributed by atoms with Gasteiger partial charge >= 0.3 is 0 Å². The monoisotopic (exact) mass is 311 g/mol. The summed E-state index contributed by atoms with van der Waals surface area (Å²) in [4.78, 5) is 4.42.